The predicted molar refractivity (Wildman–Crippen MR) is 92.0 cm³/mol. The highest BCUT2D eigenvalue weighted by atomic mass is 19.4. The van der Waals surface area contributed by atoms with E-state index in [4.69, 9.17) is 0 Å². The van der Waals surface area contributed by atoms with Crippen molar-refractivity contribution < 1.29 is 18.0 Å². The van der Waals surface area contributed by atoms with Gasteiger partial charge < -0.3 is 9.88 Å². The Hall–Kier alpha value is -3.23. The fraction of sp³-hybridized carbons (Fsp3) is 0.222. The van der Waals surface area contributed by atoms with E-state index in [-0.39, 0.29) is 30.0 Å². The molecule has 6 nitrogen and oxygen atoms in total. The first-order valence-corrected chi connectivity index (χ1v) is 8.10. The quantitative estimate of drug-likeness (QED) is 0.759. The van der Waals surface area contributed by atoms with Gasteiger partial charge in [-0.15, -0.1) is 0 Å². The van der Waals surface area contributed by atoms with Gasteiger partial charge in [-0.2, -0.15) is 13.2 Å². The number of pyridine rings is 1. The number of amides is 1. The first-order chi connectivity index (χ1) is 12.8. The maximum Gasteiger partial charge on any atom is 0.433 e. The highest BCUT2D eigenvalue weighted by Crippen LogP contribution is 2.27. The van der Waals surface area contributed by atoms with Crippen LogP contribution in [0.25, 0.3) is 10.9 Å². The van der Waals surface area contributed by atoms with E-state index in [1.807, 2.05) is 0 Å². The lowest BCUT2D eigenvalue weighted by molar-refractivity contribution is -0.141. The molecule has 2 heterocycles. The highest BCUT2D eigenvalue weighted by Gasteiger charge is 2.32. The van der Waals surface area contributed by atoms with Crippen LogP contribution in [0.2, 0.25) is 0 Å². The van der Waals surface area contributed by atoms with Gasteiger partial charge in [0.15, 0.2) is 0 Å². The number of para-hydroxylation sites is 1. The molecule has 3 rings (SSSR count). The minimum Gasteiger partial charge on any atom is -0.331 e. The second kappa shape index (κ2) is 7.18. The van der Waals surface area contributed by atoms with Crippen molar-refractivity contribution in [3.63, 3.8) is 0 Å². The van der Waals surface area contributed by atoms with Crippen molar-refractivity contribution >= 4 is 16.8 Å². The van der Waals surface area contributed by atoms with Gasteiger partial charge in [0.1, 0.15) is 11.5 Å². The number of H-pyrrole nitrogens is 1. The molecule has 0 spiro atoms. The van der Waals surface area contributed by atoms with E-state index in [0.29, 0.717) is 10.9 Å². The third kappa shape index (κ3) is 3.97. The van der Waals surface area contributed by atoms with Crippen molar-refractivity contribution in [3.05, 3.63) is 70.0 Å². The number of carbonyl (C=O) groups excluding carboxylic acids is 1. The molecule has 0 fully saturated rings. The lowest BCUT2D eigenvalue weighted by Gasteiger charge is -2.20. The Morgan fingerprint density at radius 1 is 1.19 bits per heavy atom. The van der Waals surface area contributed by atoms with E-state index in [2.05, 4.69) is 15.0 Å². The molecule has 9 heteroatoms. The molecule has 0 aliphatic heterocycles. The Morgan fingerprint density at radius 2 is 1.93 bits per heavy atom. The fourth-order valence-corrected chi connectivity index (χ4v) is 2.59. The average Bonchev–Trinajstić information content (AvgIpc) is 2.65. The lowest BCUT2D eigenvalue weighted by atomic mass is 10.2. The molecule has 140 valence electrons. The van der Waals surface area contributed by atoms with Crippen molar-refractivity contribution in [1.82, 2.24) is 19.9 Å². The summed E-state index contributed by atoms with van der Waals surface area (Å²) in [6, 6.07) is 8.63. The number of nitrogens with one attached hydrogen (secondary N) is 1. The first kappa shape index (κ1) is 18.6. The Balaban J connectivity index is 1.85. The molecule has 0 bridgehead atoms. The molecule has 27 heavy (non-hydrogen) atoms. The molecule has 0 aliphatic carbocycles. The number of hydrogen-bond donors (Lipinski definition) is 1. The Morgan fingerprint density at radius 3 is 2.56 bits per heavy atom. The maximum absolute atomic E-state index is 12.6. The number of benzene rings is 1. The van der Waals surface area contributed by atoms with Crippen molar-refractivity contribution in [2.45, 2.75) is 19.6 Å². The zero-order chi connectivity index (χ0) is 19.6. The molecule has 0 unspecified atom stereocenters. The van der Waals surface area contributed by atoms with Gasteiger partial charge in [-0.05, 0) is 31.2 Å². The number of alkyl halides is 3. The molecule has 1 N–H and O–H groups in total. The molecule has 0 saturated heterocycles. The van der Waals surface area contributed by atoms with Gasteiger partial charge in [-0.1, -0.05) is 12.1 Å². The van der Waals surface area contributed by atoms with Gasteiger partial charge >= 0.3 is 6.18 Å². The number of carbonyl (C=O) groups is 1. The monoisotopic (exact) mass is 376 g/mol. The van der Waals surface area contributed by atoms with Gasteiger partial charge in [0.2, 0.25) is 0 Å². The minimum absolute atomic E-state index is 0.0103. The summed E-state index contributed by atoms with van der Waals surface area (Å²) in [6.45, 7) is 2.00. The molecule has 2 aromatic heterocycles. The van der Waals surface area contributed by atoms with Crippen molar-refractivity contribution in [2.24, 2.45) is 0 Å². The van der Waals surface area contributed by atoms with Crippen molar-refractivity contribution in [3.8, 4) is 0 Å². The van der Waals surface area contributed by atoms with Gasteiger partial charge in [0, 0.05) is 12.7 Å². The van der Waals surface area contributed by atoms with Crippen LogP contribution >= 0.6 is 0 Å². The minimum atomic E-state index is -4.57. The summed E-state index contributed by atoms with van der Waals surface area (Å²) in [5.41, 5.74) is -0.873. The predicted octanol–water partition coefficient (Wildman–Crippen LogP) is 3.00. The Kier molecular flexibility index (Phi) is 4.93. The second-order valence-electron chi connectivity index (χ2n) is 5.78. The maximum atomic E-state index is 12.6. The molecule has 1 aromatic carbocycles. The normalized spacial score (nSPS) is 11.6. The van der Waals surface area contributed by atoms with E-state index >= 15 is 0 Å². The summed E-state index contributed by atoms with van der Waals surface area (Å²) < 4.78 is 37.8. The van der Waals surface area contributed by atoms with Crippen LogP contribution in [0.5, 0.6) is 0 Å². The standard InChI is InChI=1S/C18H15F3N4O2/c1-2-25(17(27)11-7-8-14(22-9-11)18(19,20)21)10-15-23-13-6-4-3-5-12(13)16(26)24-15/h3-9H,2,10H2,1H3,(H,23,24,26). The number of halogens is 3. The van der Waals surface area contributed by atoms with Gasteiger partial charge in [-0.25, -0.2) is 4.98 Å². The molecule has 0 saturated carbocycles. The van der Waals surface area contributed by atoms with Gasteiger partial charge in [-0.3, -0.25) is 14.6 Å². The summed E-state index contributed by atoms with van der Waals surface area (Å²) in [4.78, 5) is 36.3. The zero-order valence-electron chi connectivity index (χ0n) is 14.2. The van der Waals surface area contributed by atoms with Crippen molar-refractivity contribution in [2.75, 3.05) is 6.54 Å². The van der Waals surface area contributed by atoms with Crippen LogP contribution in [0.3, 0.4) is 0 Å². The number of nitrogens with zero attached hydrogens (tertiary/aromatic N) is 3. The largest absolute Gasteiger partial charge is 0.433 e. The van der Waals surface area contributed by atoms with E-state index < -0.39 is 17.8 Å². The average molecular weight is 376 g/mol. The molecule has 0 radical (unpaired) electrons. The summed E-state index contributed by atoms with van der Waals surface area (Å²) in [5.74, 6) is -0.219. The van der Waals surface area contributed by atoms with Gasteiger partial charge in [0.25, 0.3) is 11.5 Å². The van der Waals surface area contributed by atoms with E-state index in [9.17, 15) is 22.8 Å². The molecule has 0 aliphatic rings. The molecule has 1 amide bonds. The third-order valence-corrected chi connectivity index (χ3v) is 3.97. The second-order valence-corrected chi connectivity index (χ2v) is 5.78. The number of fused-ring (bicyclic) bond motifs is 1. The van der Waals surface area contributed by atoms with Crippen LogP contribution in [-0.4, -0.2) is 32.3 Å². The van der Waals surface area contributed by atoms with Crippen LogP contribution in [0, 0.1) is 0 Å². The SMILES string of the molecule is CCN(Cc1nc2ccccc2c(=O)[nH]1)C(=O)c1ccc(C(F)(F)F)nc1. The first-order valence-electron chi connectivity index (χ1n) is 8.10. The molecular weight excluding hydrogens is 361 g/mol. The van der Waals surface area contributed by atoms with Gasteiger partial charge in [0.05, 0.1) is 23.0 Å². The molecule has 3 aromatic rings. The summed E-state index contributed by atoms with van der Waals surface area (Å²) in [7, 11) is 0. The molecular formula is C18H15F3N4O2. The number of aromatic nitrogens is 3. The van der Waals surface area contributed by atoms with Crippen molar-refractivity contribution in [1.29, 1.82) is 0 Å². The topological polar surface area (TPSA) is 79.0 Å². The fourth-order valence-electron chi connectivity index (χ4n) is 2.59. The van der Waals surface area contributed by atoms with Crippen LogP contribution in [0.4, 0.5) is 13.2 Å². The highest BCUT2D eigenvalue weighted by molar-refractivity contribution is 5.93. The number of aromatic amines is 1. The van der Waals surface area contributed by atoms with Crippen LogP contribution < -0.4 is 5.56 Å². The van der Waals surface area contributed by atoms with E-state index in [1.165, 1.54) is 4.90 Å². The van der Waals surface area contributed by atoms with Crippen LogP contribution in [-0.2, 0) is 12.7 Å². The number of rotatable bonds is 4. The number of hydrogen-bond acceptors (Lipinski definition) is 4. The van der Waals surface area contributed by atoms with E-state index in [1.54, 1.807) is 31.2 Å². The van der Waals surface area contributed by atoms with Crippen LogP contribution in [0.1, 0.15) is 28.8 Å². The lowest BCUT2D eigenvalue weighted by Crippen LogP contribution is -2.32. The smallest absolute Gasteiger partial charge is 0.331 e. The zero-order valence-corrected chi connectivity index (χ0v) is 14.2. The summed E-state index contributed by atoms with van der Waals surface area (Å²) in [5, 5.41) is 0.433. The summed E-state index contributed by atoms with van der Waals surface area (Å²) >= 11 is 0. The van der Waals surface area contributed by atoms with E-state index in [0.717, 1.165) is 18.3 Å². The summed E-state index contributed by atoms with van der Waals surface area (Å²) in [6.07, 6.45) is -3.68. The third-order valence-electron chi connectivity index (χ3n) is 3.97. The molecule has 0 atom stereocenters. The Bertz CT molecular complexity index is 1030. The van der Waals surface area contributed by atoms with Crippen LogP contribution in [0.15, 0.2) is 47.4 Å². The Labute approximate surface area is 151 Å².